The van der Waals surface area contributed by atoms with E-state index in [1.54, 1.807) is 37.5 Å². The summed E-state index contributed by atoms with van der Waals surface area (Å²) in [5.41, 5.74) is 2.07. The lowest BCUT2D eigenvalue weighted by atomic mass is 10.2. The number of methoxy groups -OCH3 is 1. The van der Waals surface area contributed by atoms with E-state index in [0.29, 0.717) is 5.69 Å². The first-order valence-electron chi connectivity index (χ1n) is 6.74. The van der Waals surface area contributed by atoms with Crippen LogP contribution in [0.1, 0.15) is 11.3 Å². The maximum atomic E-state index is 11.8. The SMILES string of the molecule is COc1ccc(-[n+]2noc([O-])c2/C=C/c2ccccc2)cc1. The Morgan fingerprint density at radius 3 is 2.45 bits per heavy atom. The van der Waals surface area contributed by atoms with E-state index in [0.717, 1.165) is 17.0 Å². The van der Waals surface area contributed by atoms with Gasteiger partial charge in [-0.3, -0.25) is 0 Å². The lowest BCUT2D eigenvalue weighted by Crippen LogP contribution is -2.35. The third-order valence-electron chi connectivity index (χ3n) is 3.19. The molecule has 110 valence electrons. The van der Waals surface area contributed by atoms with E-state index < -0.39 is 5.95 Å². The highest BCUT2D eigenvalue weighted by Crippen LogP contribution is 2.16. The van der Waals surface area contributed by atoms with Crippen molar-refractivity contribution in [2.24, 2.45) is 0 Å². The summed E-state index contributed by atoms with van der Waals surface area (Å²) in [4.78, 5) is 0. The van der Waals surface area contributed by atoms with Crippen LogP contribution in [0.15, 0.2) is 59.1 Å². The third-order valence-corrected chi connectivity index (χ3v) is 3.19. The van der Waals surface area contributed by atoms with E-state index in [-0.39, 0.29) is 0 Å². The zero-order valence-electron chi connectivity index (χ0n) is 12.0. The second kappa shape index (κ2) is 6.13. The molecule has 0 saturated carbocycles. The van der Waals surface area contributed by atoms with Crippen LogP contribution in [0.3, 0.4) is 0 Å². The molecular formula is C17H14N2O3. The maximum Gasteiger partial charge on any atom is 0.263 e. The van der Waals surface area contributed by atoms with Gasteiger partial charge in [-0.2, -0.15) is 0 Å². The van der Waals surface area contributed by atoms with Crippen LogP contribution in [0.25, 0.3) is 17.8 Å². The Kier molecular flexibility index (Phi) is 3.87. The van der Waals surface area contributed by atoms with Crippen LogP contribution in [0, 0.1) is 0 Å². The molecule has 0 unspecified atom stereocenters. The number of aromatic nitrogens is 2. The number of rotatable bonds is 4. The normalized spacial score (nSPS) is 11.0. The number of hydrogen-bond donors (Lipinski definition) is 0. The minimum absolute atomic E-state index is 0.356. The lowest BCUT2D eigenvalue weighted by Gasteiger charge is -1.98. The smallest absolute Gasteiger partial charge is 0.263 e. The van der Waals surface area contributed by atoms with Gasteiger partial charge in [-0.1, -0.05) is 30.3 Å². The maximum absolute atomic E-state index is 11.8. The summed E-state index contributed by atoms with van der Waals surface area (Å²) in [6.45, 7) is 0. The summed E-state index contributed by atoms with van der Waals surface area (Å²) in [5, 5.41) is 15.6. The monoisotopic (exact) mass is 294 g/mol. The summed E-state index contributed by atoms with van der Waals surface area (Å²) in [6, 6.07) is 16.9. The number of hydrogen-bond acceptors (Lipinski definition) is 4. The van der Waals surface area contributed by atoms with Gasteiger partial charge in [-0.15, -0.1) is 0 Å². The molecule has 0 radical (unpaired) electrons. The van der Waals surface area contributed by atoms with Crippen molar-refractivity contribution in [1.29, 1.82) is 0 Å². The fourth-order valence-electron chi connectivity index (χ4n) is 2.04. The van der Waals surface area contributed by atoms with Crippen molar-refractivity contribution in [3.63, 3.8) is 0 Å². The Balaban J connectivity index is 1.95. The third kappa shape index (κ3) is 2.83. The second-order valence-electron chi connectivity index (χ2n) is 4.60. The molecule has 0 aliphatic carbocycles. The number of benzene rings is 2. The van der Waals surface area contributed by atoms with Crippen molar-refractivity contribution in [2.75, 3.05) is 7.11 Å². The molecule has 0 aliphatic heterocycles. The van der Waals surface area contributed by atoms with Crippen molar-refractivity contribution in [3.05, 3.63) is 65.9 Å². The van der Waals surface area contributed by atoms with Crippen LogP contribution in [0.4, 0.5) is 0 Å². The van der Waals surface area contributed by atoms with E-state index in [1.807, 2.05) is 36.4 Å². The van der Waals surface area contributed by atoms with Crippen LogP contribution in [0.2, 0.25) is 0 Å². The molecule has 3 aromatic rings. The van der Waals surface area contributed by atoms with Crippen LogP contribution < -0.4 is 14.5 Å². The fourth-order valence-corrected chi connectivity index (χ4v) is 2.04. The first-order valence-corrected chi connectivity index (χ1v) is 6.74. The van der Waals surface area contributed by atoms with Crippen LogP contribution in [-0.4, -0.2) is 12.4 Å². The highest BCUT2D eigenvalue weighted by atomic mass is 16.6. The molecule has 2 aromatic carbocycles. The molecule has 0 amide bonds. The standard InChI is InChI=1S/C17H14N2O3/c1-21-15-10-8-14(9-11-15)19-16(17(20)22-18-19)12-7-13-5-3-2-4-6-13/h2-12H,1H3/b12-7+. The molecule has 0 spiro atoms. The van der Waals surface area contributed by atoms with E-state index in [9.17, 15) is 5.11 Å². The topological polar surface area (TPSA) is 62.2 Å². The van der Waals surface area contributed by atoms with Gasteiger partial charge in [-0.25, -0.2) is 0 Å². The molecule has 0 aliphatic rings. The van der Waals surface area contributed by atoms with E-state index in [2.05, 4.69) is 5.27 Å². The lowest BCUT2D eigenvalue weighted by molar-refractivity contribution is -0.672. The van der Waals surface area contributed by atoms with Gasteiger partial charge in [0.15, 0.2) is 5.95 Å². The summed E-state index contributed by atoms with van der Waals surface area (Å²) < 4.78 is 11.3. The first kappa shape index (κ1) is 13.9. The minimum atomic E-state index is -0.483. The number of ether oxygens (including phenoxy) is 1. The molecule has 22 heavy (non-hydrogen) atoms. The quantitative estimate of drug-likeness (QED) is 0.692. The van der Waals surface area contributed by atoms with E-state index in [4.69, 9.17) is 9.26 Å². The Morgan fingerprint density at radius 2 is 1.77 bits per heavy atom. The Hall–Kier alpha value is -3.08. The van der Waals surface area contributed by atoms with Gasteiger partial charge in [0.05, 0.1) is 12.4 Å². The minimum Gasteiger partial charge on any atom is -0.539 e. The van der Waals surface area contributed by atoms with Gasteiger partial charge in [0.2, 0.25) is 5.69 Å². The molecule has 5 heteroatoms. The zero-order valence-corrected chi connectivity index (χ0v) is 12.0. The zero-order chi connectivity index (χ0) is 15.4. The van der Waals surface area contributed by atoms with E-state index >= 15 is 0 Å². The molecule has 3 rings (SSSR count). The summed E-state index contributed by atoms with van der Waals surface area (Å²) in [7, 11) is 1.60. The van der Waals surface area contributed by atoms with Gasteiger partial charge in [0.1, 0.15) is 5.75 Å². The van der Waals surface area contributed by atoms with Gasteiger partial charge in [0.25, 0.3) is 5.69 Å². The predicted molar refractivity (Wildman–Crippen MR) is 79.4 cm³/mol. The van der Waals surface area contributed by atoms with Crippen LogP contribution in [0.5, 0.6) is 11.7 Å². The average molecular weight is 294 g/mol. The summed E-state index contributed by atoms with van der Waals surface area (Å²) in [6.07, 6.45) is 3.53. The molecular weight excluding hydrogens is 280 g/mol. The molecule has 0 atom stereocenters. The van der Waals surface area contributed by atoms with E-state index in [1.165, 1.54) is 4.68 Å². The van der Waals surface area contributed by atoms with Crippen molar-refractivity contribution >= 4 is 12.2 Å². The van der Waals surface area contributed by atoms with Crippen molar-refractivity contribution in [2.45, 2.75) is 0 Å². The average Bonchev–Trinajstić information content (AvgIpc) is 2.95. The predicted octanol–water partition coefficient (Wildman–Crippen LogP) is 2.20. The molecule has 0 saturated heterocycles. The van der Waals surface area contributed by atoms with Crippen LogP contribution in [-0.2, 0) is 0 Å². The first-order chi connectivity index (χ1) is 10.8. The van der Waals surface area contributed by atoms with Gasteiger partial charge >= 0.3 is 0 Å². The highest BCUT2D eigenvalue weighted by Gasteiger charge is 2.17. The highest BCUT2D eigenvalue weighted by molar-refractivity contribution is 5.68. The van der Waals surface area contributed by atoms with Crippen molar-refractivity contribution < 1.29 is 19.0 Å². The number of nitrogens with zero attached hydrogens (tertiary/aromatic N) is 2. The summed E-state index contributed by atoms with van der Waals surface area (Å²) in [5.74, 6) is 0.250. The molecule has 5 nitrogen and oxygen atoms in total. The largest absolute Gasteiger partial charge is 0.539 e. The fraction of sp³-hybridized carbons (Fsp3) is 0.0588. The second-order valence-corrected chi connectivity index (χ2v) is 4.60. The summed E-state index contributed by atoms with van der Waals surface area (Å²) >= 11 is 0. The molecule has 1 heterocycles. The Morgan fingerprint density at radius 1 is 1.05 bits per heavy atom. The molecule has 0 fully saturated rings. The Bertz CT molecular complexity index is 777. The van der Waals surface area contributed by atoms with Gasteiger partial charge < -0.3 is 14.4 Å². The van der Waals surface area contributed by atoms with Crippen molar-refractivity contribution in [3.8, 4) is 17.4 Å². The van der Waals surface area contributed by atoms with Gasteiger partial charge in [0, 0.05) is 18.2 Å². The Labute approximate surface area is 127 Å². The molecule has 0 N–H and O–H groups in total. The van der Waals surface area contributed by atoms with Gasteiger partial charge in [-0.05, 0) is 28.5 Å². The molecule has 1 aromatic heterocycles. The molecule has 0 bridgehead atoms. The van der Waals surface area contributed by atoms with Crippen molar-refractivity contribution in [1.82, 2.24) is 5.27 Å². The van der Waals surface area contributed by atoms with Crippen LogP contribution >= 0.6 is 0 Å².